The predicted octanol–water partition coefficient (Wildman–Crippen LogP) is 3.13. The molecule has 0 aromatic heterocycles. The summed E-state index contributed by atoms with van der Waals surface area (Å²) in [5.74, 6) is -2.01. The third-order valence-corrected chi connectivity index (χ3v) is 4.81. The van der Waals surface area contributed by atoms with Crippen molar-refractivity contribution in [2.45, 2.75) is 26.8 Å². The van der Waals surface area contributed by atoms with E-state index < -0.39 is 36.2 Å². The summed E-state index contributed by atoms with van der Waals surface area (Å²) in [6.45, 7) is 5.31. The smallest absolute Gasteiger partial charge is 0.330 e. The largest absolute Gasteiger partial charge is 0.494 e. The zero-order valence-corrected chi connectivity index (χ0v) is 17.1. The number of hydrogen-bond acceptors (Lipinski definition) is 6. The molecule has 0 bridgehead atoms. The summed E-state index contributed by atoms with van der Waals surface area (Å²) in [4.78, 5) is 51.5. The van der Waals surface area contributed by atoms with Gasteiger partial charge >= 0.3 is 5.97 Å². The monoisotopic (exact) mass is 409 g/mol. The van der Waals surface area contributed by atoms with E-state index in [0.717, 1.165) is 4.90 Å². The molecule has 1 atom stereocenters. The number of Topliss-reactive ketones (excluding diaryl/α,β-unsaturated/α-hetero) is 1. The Bertz CT molecular complexity index is 944. The molecule has 1 aliphatic heterocycles. The van der Waals surface area contributed by atoms with Crippen LogP contribution in [0, 0.1) is 5.92 Å². The van der Waals surface area contributed by atoms with Crippen molar-refractivity contribution < 1.29 is 28.7 Å². The quantitative estimate of drug-likeness (QED) is 0.378. The minimum absolute atomic E-state index is 0.256. The molecule has 7 nitrogen and oxygen atoms in total. The highest BCUT2D eigenvalue weighted by molar-refractivity contribution is 6.22. The van der Waals surface area contributed by atoms with Crippen LogP contribution in [0.5, 0.6) is 5.75 Å². The minimum atomic E-state index is -1.12. The van der Waals surface area contributed by atoms with Gasteiger partial charge in [0.25, 0.3) is 11.8 Å². The first-order valence-corrected chi connectivity index (χ1v) is 9.74. The van der Waals surface area contributed by atoms with Gasteiger partial charge in [-0.1, -0.05) is 26.0 Å². The average Bonchev–Trinajstić information content (AvgIpc) is 2.98. The number of benzene rings is 2. The molecule has 2 aromatic rings. The van der Waals surface area contributed by atoms with Crippen molar-refractivity contribution in [2.75, 3.05) is 13.2 Å². The van der Waals surface area contributed by atoms with Gasteiger partial charge in [0.2, 0.25) is 0 Å². The summed E-state index contributed by atoms with van der Waals surface area (Å²) in [7, 11) is 0. The Balaban J connectivity index is 1.70. The van der Waals surface area contributed by atoms with E-state index in [0.29, 0.717) is 17.9 Å². The highest BCUT2D eigenvalue weighted by atomic mass is 16.5. The topological polar surface area (TPSA) is 90.0 Å². The fourth-order valence-corrected chi connectivity index (χ4v) is 3.35. The molecule has 0 spiro atoms. The number of carbonyl (C=O) groups excluding carboxylic acids is 4. The number of nitrogens with zero attached hydrogens (tertiary/aromatic N) is 1. The van der Waals surface area contributed by atoms with E-state index in [9.17, 15) is 19.2 Å². The fourth-order valence-electron chi connectivity index (χ4n) is 3.35. The first-order chi connectivity index (χ1) is 14.3. The lowest BCUT2D eigenvalue weighted by atomic mass is 10.0. The summed E-state index contributed by atoms with van der Waals surface area (Å²) in [6.07, 6.45) is 0. The van der Waals surface area contributed by atoms with Crippen LogP contribution in [0.4, 0.5) is 0 Å². The van der Waals surface area contributed by atoms with Crippen molar-refractivity contribution in [3.05, 3.63) is 65.2 Å². The van der Waals surface area contributed by atoms with E-state index in [1.165, 1.54) is 0 Å². The van der Waals surface area contributed by atoms with Gasteiger partial charge in [-0.15, -0.1) is 0 Å². The molecule has 0 saturated heterocycles. The summed E-state index contributed by atoms with van der Waals surface area (Å²) >= 11 is 0. The van der Waals surface area contributed by atoms with Crippen LogP contribution in [-0.2, 0) is 9.53 Å². The van der Waals surface area contributed by atoms with Crippen molar-refractivity contribution in [2.24, 2.45) is 5.92 Å². The lowest BCUT2D eigenvalue weighted by Gasteiger charge is -2.27. The highest BCUT2D eigenvalue weighted by Crippen LogP contribution is 2.27. The van der Waals surface area contributed by atoms with Crippen LogP contribution in [0.15, 0.2) is 48.5 Å². The van der Waals surface area contributed by atoms with E-state index in [2.05, 4.69) is 0 Å². The van der Waals surface area contributed by atoms with Crippen molar-refractivity contribution >= 4 is 23.6 Å². The summed E-state index contributed by atoms with van der Waals surface area (Å²) in [6, 6.07) is 11.8. The van der Waals surface area contributed by atoms with Crippen LogP contribution in [-0.4, -0.2) is 47.7 Å². The molecule has 30 heavy (non-hydrogen) atoms. The first-order valence-electron chi connectivity index (χ1n) is 9.74. The lowest BCUT2D eigenvalue weighted by molar-refractivity contribution is -0.148. The lowest BCUT2D eigenvalue weighted by Crippen LogP contribution is -2.49. The minimum Gasteiger partial charge on any atom is -0.494 e. The Morgan fingerprint density at radius 3 is 2.00 bits per heavy atom. The van der Waals surface area contributed by atoms with Gasteiger partial charge in [-0.2, -0.15) is 0 Å². The molecule has 7 heteroatoms. The SMILES string of the molecule is CCOc1ccc(C(=O)COC(=O)[C@H](C(C)C)N2C(=O)c3ccccc3C2=O)cc1. The molecule has 2 aromatic carbocycles. The molecule has 1 heterocycles. The van der Waals surface area contributed by atoms with Crippen LogP contribution in [0.25, 0.3) is 0 Å². The third-order valence-electron chi connectivity index (χ3n) is 4.81. The van der Waals surface area contributed by atoms with Gasteiger partial charge in [0.15, 0.2) is 12.4 Å². The molecule has 0 aliphatic carbocycles. The number of hydrogen-bond donors (Lipinski definition) is 0. The maximum absolute atomic E-state index is 12.7. The van der Waals surface area contributed by atoms with E-state index in [1.54, 1.807) is 62.4 Å². The molecule has 0 saturated carbocycles. The summed E-state index contributed by atoms with van der Waals surface area (Å²) in [5, 5.41) is 0. The Hall–Kier alpha value is -3.48. The number of ether oxygens (including phenoxy) is 2. The third kappa shape index (κ3) is 4.10. The molecule has 3 rings (SSSR count). The van der Waals surface area contributed by atoms with E-state index in [-0.39, 0.29) is 17.0 Å². The van der Waals surface area contributed by atoms with Crippen molar-refractivity contribution in [3.63, 3.8) is 0 Å². The highest BCUT2D eigenvalue weighted by Gasteiger charge is 2.44. The standard InChI is InChI=1S/C23H23NO6/c1-4-29-16-11-9-15(10-12-16)19(25)13-30-23(28)20(14(2)3)24-21(26)17-7-5-6-8-18(17)22(24)27/h5-12,14,20H,4,13H2,1-3H3/t20-/m0/s1. The van der Waals surface area contributed by atoms with Crippen LogP contribution < -0.4 is 4.74 Å². The zero-order chi connectivity index (χ0) is 21.8. The van der Waals surface area contributed by atoms with Crippen LogP contribution >= 0.6 is 0 Å². The second kappa shape index (κ2) is 8.90. The predicted molar refractivity (Wildman–Crippen MR) is 108 cm³/mol. The molecule has 0 N–H and O–H groups in total. The molecular formula is C23H23NO6. The van der Waals surface area contributed by atoms with E-state index in [4.69, 9.17) is 9.47 Å². The van der Waals surface area contributed by atoms with Gasteiger partial charge in [0.05, 0.1) is 17.7 Å². The molecule has 0 radical (unpaired) electrons. The Labute approximate surface area is 174 Å². The van der Waals surface area contributed by atoms with Crippen LogP contribution in [0.1, 0.15) is 51.8 Å². The Morgan fingerprint density at radius 1 is 0.933 bits per heavy atom. The van der Waals surface area contributed by atoms with Crippen molar-refractivity contribution in [1.29, 1.82) is 0 Å². The van der Waals surface area contributed by atoms with Gasteiger partial charge < -0.3 is 9.47 Å². The first kappa shape index (κ1) is 21.2. The number of fused-ring (bicyclic) bond motifs is 1. The number of rotatable bonds is 8. The summed E-state index contributed by atoms with van der Waals surface area (Å²) < 4.78 is 10.5. The molecule has 0 fully saturated rings. The molecule has 0 unspecified atom stereocenters. The number of carbonyl (C=O) groups is 4. The maximum atomic E-state index is 12.7. The maximum Gasteiger partial charge on any atom is 0.330 e. The van der Waals surface area contributed by atoms with Gasteiger partial charge in [0.1, 0.15) is 11.8 Å². The van der Waals surface area contributed by atoms with Gasteiger partial charge in [-0.05, 0) is 49.2 Å². The second-order valence-corrected chi connectivity index (χ2v) is 7.20. The van der Waals surface area contributed by atoms with E-state index >= 15 is 0 Å². The van der Waals surface area contributed by atoms with Crippen LogP contribution in [0.3, 0.4) is 0 Å². The van der Waals surface area contributed by atoms with Crippen molar-refractivity contribution in [3.8, 4) is 5.75 Å². The Kier molecular flexibility index (Phi) is 6.30. The van der Waals surface area contributed by atoms with E-state index in [1.807, 2.05) is 6.92 Å². The normalized spacial score (nSPS) is 13.9. The zero-order valence-electron chi connectivity index (χ0n) is 17.1. The van der Waals surface area contributed by atoms with Gasteiger partial charge in [0, 0.05) is 5.56 Å². The number of imide groups is 1. The average molecular weight is 409 g/mol. The molecular weight excluding hydrogens is 386 g/mol. The fraction of sp³-hybridized carbons (Fsp3) is 0.304. The Morgan fingerprint density at radius 2 is 1.50 bits per heavy atom. The van der Waals surface area contributed by atoms with Crippen molar-refractivity contribution in [1.82, 2.24) is 4.90 Å². The number of ketones is 1. The summed E-state index contributed by atoms with van der Waals surface area (Å²) in [5.41, 5.74) is 0.880. The number of amides is 2. The van der Waals surface area contributed by atoms with Crippen LogP contribution in [0.2, 0.25) is 0 Å². The van der Waals surface area contributed by atoms with Gasteiger partial charge in [-0.25, -0.2) is 4.79 Å². The molecule has 2 amide bonds. The second-order valence-electron chi connectivity index (χ2n) is 7.20. The number of esters is 1. The van der Waals surface area contributed by atoms with Gasteiger partial charge in [-0.3, -0.25) is 19.3 Å². The molecule has 1 aliphatic rings. The molecule has 156 valence electrons.